The van der Waals surface area contributed by atoms with E-state index in [9.17, 15) is 13.2 Å². The van der Waals surface area contributed by atoms with E-state index in [0.717, 1.165) is 0 Å². The number of hydrogen-bond acceptors (Lipinski definition) is 9. The van der Waals surface area contributed by atoms with Gasteiger partial charge >= 0.3 is 0 Å². The molecule has 1 aliphatic rings. The molecule has 1 saturated heterocycles. The van der Waals surface area contributed by atoms with Crippen LogP contribution < -0.4 is 10.2 Å². The lowest BCUT2D eigenvalue weighted by Gasteiger charge is -2.34. The van der Waals surface area contributed by atoms with Crippen molar-refractivity contribution < 1.29 is 32.3 Å². The standard InChI is InChI=1S/C21H20Cl2N2O7S2/c22-13-11-16(23)18-17(12-13)32-20(24-18)33-10-9-31-14-1-3-15(4-2-14)34(28,29)21(19(26)25-27)5-7-30-8-6-21/h1-4,11-12,27H,5-10H2,(H,25,26). The molecule has 0 bridgehead atoms. The number of fused-ring (bicyclic) bond motifs is 1. The van der Waals surface area contributed by atoms with Gasteiger partial charge in [0.2, 0.25) is 0 Å². The zero-order valence-corrected chi connectivity index (χ0v) is 20.8. The second-order valence-electron chi connectivity index (χ2n) is 7.43. The zero-order valence-electron chi connectivity index (χ0n) is 17.6. The topological polar surface area (TPSA) is 128 Å². The molecule has 182 valence electrons. The predicted molar refractivity (Wildman–Crippen MR) is 127 cm³/mol. The highest BCUT2D eigenvalue weighted by Crippen LogP contribution is 2.36. The minimum Gasteiger partial charge on any atom is -0.493 e. The molecule has 4 rings (SSSR count). The highest BCUT2D eigenvalue weighted by molar-refractivity contribution is 7.99. The molecule has 2 aromatic carbocycles. The van der Waals surface area contributed by atoms with Crippen LogP contribution in [0.4, 0.5) is 0 Å². The fourth-order valence-electron chi connectivity index (χ4n) is 3.65. The molecule has 0 radical (unpaired) electrons. The van der Waals surface area contributed by atoms with Crippen LogP contribution in [0.1, 0.15) is 12.8 Å². The number of sulfone groups is 1. The summed E-state index contributed by atoms with van der Waals surface area (Å²) in [6.07, 6.45) is -0.102. The number of nitrogens with zero attached hydrogens (tertiary/aromatic N) is 1. The summed E-state index contributed by atoms with van der Waals surface area (Å²) in [7, 11) is -4.08. The third kappa shape index (κ3) is 4.86. The zero-order chi connectivity index (χ0) is 24.3. The predicted octanol–water partition coefficient (Wildman–Crippen LogP) is 4.13. The molecule has 2 N–H and O–H groups in total. The number of amides is 1. The first kappa shape index (κ1) is 25.1. The number of carbonyl (C=O) groups is 1. The van der Waals surface area contributed by atoms with E-state index in [0.29, 0.717) is 44.5 Å². The first-order chi connectivity index (χ1) is 16.3. The largest absolute Gasteiger partial charge is 0.493 e. The van der Waals surface area contributed by atoms with E-state index in [1.807, 2.05) is 0 Å². The summed E-state index contributed by atoms with van der Waals surface area (Å²) in [5.74, 6) is 0.00773. The number of carbonyl (C=O) groups excluding carboxylic acids is 1. The van der Waals surface area contributed by atoms with E-state index in [2.05, 4.69) is 4.98 Å². The van der Waals surface area contributed by atoms with Gasteiger partial charge in [-0.25, -0.2) is 18.9 Å². The van der Waals surface area contributed by atoms with E-state index in [1.54, 1.807) is 12.1 Å². The summed E-state index contributed by atoms with van der Waals surface area (Å²) in [5.41, 5.74) is 2.52. The third-order valence-corrected chi connectivity index (χ3v) is 9.25. The molecule has 3 aromatic rings. The smallest absolute Gasteiger partial charge is 0.265 e. The van der Waals surface area contributed by atoms with Crippen molar-refractivity contribution >= 4 is 61.8 Å². The first-order valence-electron chi connectivity index (χ1n) is 10.1. The third-order valence-electron chi connectivity index (χ3n) is 5.44. The van der Waals surface area contributed by atoms with Crippen molar-refractivity contribution in [3.63, 3.8) is 0 Å². The van der Waals surface area contributed by atoms with E-state index in [-0.39, 0.29) is 31.0 Å². The minimum absolute atomic E-state index is 0.0401. The summed E-state index contributed by atoms with van der Waals surface area (Å²) >= 11 is 13.4. The van der Waals surface area contributed by atoms with Crippen molar-refractivity contribution in [3.8, 4) is 5.75 Å². The van der Waals surface area contributed by atoms with Crippen LogP contribution in [0.3, 0.4) is 0 Å². The minimum atomic E-state index is -4.08. The molecule has 1 aromatic heterocycles. The van der Waals surface area contributed by atoms with Crippen LogP contribution in [0, 0.1) is 0 Å². The van der Waals surface area contributed by atoms with Gasteiger partial charge in [-0.05, 0) is 43.2 Å². The highest BCUT2D eigenvalue weighted by Gasteiger charge is 2.52. The maximum absolute atomic E-state index is 13.3. The van der Waals surface area contributed by atoms with Crippen LogP contribution >= 0.6 is 35.0 Å². The Morgan fingerprint density at radius 1 is 1.21 bits per heavy atom. The van der Waals surface area contributed by atoms with E-state index >= 15 is 0 Å². The number of nitrogens with one attached hydrogen (secondary N) is 1. The monoisotopic (exact) mass is 546 g/mol. The molecule has 34 heavy (non-hydrogen) atoms. The lowest BCUT2D eigenvalue weighted by molar-refractivity contribution is -0.134. The number of halogens is 2. The molecule has 0 saturated carbocycles. The second kappa shape index (κ2) is 10.3. The van der Waals surface area contributed by atoms with Gasteiger partial charge in [-0.3, -0.25) is 10.0 Å². The number of thioether (sulfide) groups is 1. The van der Waals surface area contributed by atoms with E-state index in [4.69, 9.17) is 42.3 Å². The van der Waals surface area contributed by atoms with E-state index in [1.165, 1.54) is 41.5 Å². The number of oxazole rings is 1. The van der Waals surface area contributed by atoms with Gasteiger partial charge in [0, 0.05) is 30.1 Å². The number of aromatic nitrogens is 1. The Kier molecular flexibility index (Phi) is 7.60. The molecule has 1 amide bonds. The van der Waals surface area contributed by atoms with Crippen LogP contribution in [-0.2, 0) is 19.4 Å². The van der Waals surface area contributed by atoms with Crippen LogP contribution in [0.5, 0.6) is 5.75 Å². The normalized spacial score (nSPS) is 15.9. The lowest BCUT2D eigenvalue weighted by Crippen LogP contribution is -2.54. The van der Waals surface area contributed by atoms with Gasteiger partial charge in [-0.2, -0.15) is 0 Å². The molecule has 1 aliphatic heterocycles. The van der Waals surface area contributed by atoms with Gasteiger partial charge in [0.25, 0.3) is 11.1 Å². The highest BCUT2D eigenvalue weighted by atomic mass is 35.5. The van der Waals surface area contributed by atoms with Crippen molar-refractivity contribution in [3.05, 3.63) is 46.4 Å². The summed E-state index contributed by atoms with van der Waals surface area (Å²) in [6.45, 7) is 0.508. The molecular weight excluding hydrogens is 527 g/mol. The van der Waals surface area contributed by atoms with Crippen LogP contribution in [0.2, 0.25) is 10.0 Å². The number of benzene rings is 2. The number of rotatable bonds is 8. The first-order valence-corrected chi connectivity index (χ1v) is 13.4. The molecule has 0 spiro atoms. The molecule has 13 heteroatoms. The molecule has 0 aliphatic carbocycles. The Balaban J connectivity index is 1.38. The number of hydrogen-bond donors (Lipinski definition) is 2. The summed E-state index contributed by atoms with van der Waals surface area (Å²) in [4.78, 5) is 16.6. The summed E-state index contributed by atoms with van der Waals surface area (Å²) in [5, 5.41) is 10.4. The maximum Gasteiger partial charge on any atom is 0.265 e. The van der Waals surface area contributed by atoms with Gasteiger partial charge in [-0.15, -0.1) is 0 Å². The van der Waals surface area contributed by atoms with Crippen molar-refractivity contribution in [2.45, 2.75) is 27.7 Å². The van der Waals surface area contributed by atoms with Crippen LogP contribution in [-0.4, -0.2) is 54.8 Å². The van der Waals surface area contributed by atoms with Gasteiger partial charge in [0.05, 0.1) is 16.5 Å². The molecule has 9 nitrogen and oxygen atoms in total. The Bertz CT molecular complexity index is 1290. The average molecular weight is 547 g/mol. The molecule has 1 fully saturated rings. The second-order valence-corrected chi connectivity index (χ2v) is 11.6. The van der Waals surface area contributed by atoms with Gasteiger partial charge < -0.3 is 13.9 Å². The van der Waals surface area contributed by atoms with E-state index < -0.39 is 20.5 Å². The van der Waals surface area contributed by atoms with Crippen LogP contribution in [0.15, 0.2) is 50.9 Å². The molecular formula is C21H20Cl2N2O7S2. The van der Waals surface area contributed by atoms with Crippen molar-refractivity contribution in [1.29, 1.82) is 0 Å². The number of hydroxylamine groups is 1. The lowest BCUT2D eigenvalue weighted by atomic mass is 9.98. The van der Waals surface area contributed by atoms with Crippen molar-refractivity contribution in [2.24, 2.45) is 0 Å². The van der Waals surface area contributed by atoms with Crippen molar-refractivity contribution in [1.82, 2.24) is 10.5 Å². The fourth-order valence-corrected chi connectivity index (χ4v) is 6.75. The molecule has 2 heterocycles. The Morgan fingerprint density at radius 3 is 2.59 bits per heavy atom. The Morgan fingerprint density at radius 2 is 1.91 bits per heavy atom. The van der Waals surface area contributed by atoms with Gasteiger partial charge in [-0.1, -0.05) is 35.0 Å². The van der Waals surface area contributed by atoms with Gasteiger partial charge in [0.1, 0.15) is 11.3 Å². The maximum atomic E-state index is 13.3. The Labute approximate surface area is 209 Å². The number of ether oxygens (including phenoxy) is 2. The SMILES string of the molecule is O=C(NO)C1(S(=O)(=O)c2ccc(OCCSc3nc4c(Cl)cc(Cl)cc4o3)cc2)CCOCC1. The molecule has 0 unspecified atom stereocenters. The average Bonchev–Trinajstić information content (AvgIpc) is 3.25. The van der Waals surface area contributed by atoms with Crippen molar-refractivity contribution in [2.75, 3.05) is 25.6 Å². The Hall–Kier alpha value is -2.02. The molecule has 0 atom stereocenters. The van der Waals surface area contributed by atoms with Gasteiger partial charge in [0.15, 0.2) is 20.2 Å². The fraction of sp³-hybridized carbons (Fsp3) is 0.333. The summed E-state index contributed by atoms with van der Waals surface area (Å²) in [6, 6.07) is 9.03. The summed E-state index contributed by atoms with van der Waals surface area (Å²) < 4.78 is 41.2. The van der Waals surface area contributed by atoms with Crippen LogP contribution in [0.25, 0.3) is 11.1 Å². The quantitative estimate of drug-likeness (QED) is 0.185.